The maximum absolute atomic E-state index is 6.38. The summed E-state index contributed by atoms with van der Waals surface area (Å²) in [5.74, 6) is 0.581. The Morgan fingerprint density at radius 1 is 0.429 bits per heavy atom. The van der Waals surface area contributed by atoms with Crippen LogP contribution in [-0.4, -0.2) is 133 Å². The fourth-order valence-corrected chi connectivity index (χ4v) is 6.11. The summed E-state index contributed by atoms with van der Waals surface area (Å²) in [6.45, 7) is 8.71. The predicted octanol–water partition coefficient (Wildman–Crippen LogP) is 2.65. The van der Waals surface area contributed by atoms with E-state index in [4.69, 9.17) is 46.1 Å². The standard InChI is InChI=1S/C30H45NO10Si/c1-2-4-28(5-3-1)29-6-8-30(9-7-29)41-42-38-25-22-35-19-16-32-13-10-31(11-14-33-17-20-36-23-26-39-42)12-15-34-18-21-37-24-27-40-42/h1-9H,10-27H2. The predicted molar refractivity (Wildman–Crippen MR) is 157 cm³/mol. The maximum Gasteiger partial charge on any atom is 0.749 e. The largest absolute Gasteiger partial charge is 0.749 e. The van der Waals surface area contributed by atoms with Gasteiger partial charge in [0.15, 0.2) is 0 Å². The van der Waals surface area contributed by atoms with Gasteiger partial charge in [-0.2, -0.15) is 0 Å². The summed E-state index contributed by atoms with van der Waals surface area (Å²) in [6, 6.07) is 18.0. The SMILES string of the molecule is c1ccc(-c2ccc(O[Si]34OCCOCCOCCN(CCOCCOCCO3)CCOCCOCCO4)cc2)cc1. The number of benzene rings is 2. The molecule has 0 atom stereocenters. The maximum atomic E-state index is 6.38. The van der Waals surface area contributed by atoms with E-state index < -0.39 is 9.05 Å². The monoisotopic (exact) mass is 607 g/mol. The number of fused-ring (bicyclic) bond motifs is 24. The molecule has 0 N–H and O–H groups in total. The molecule has 0 radical (unpaired) electrons. The highest BCUT2D eigenvalue weighted by Gasteiger charge is 2.49. The third-order valence-electron chi connectivity index (χ3n) is 6.50. The average Bonchev–Trinajstić information content (AvgIpc) is 3.01. The van der Waals surface area contributed by atoms with Crippen LogP contribution in [0.2, 0.25) is 0 Å². The zero-order chi connectivity index (χ0) is 29.0. The average molecular weight is 608 g/mol. The van der Waals surface area contributed by atoms with Crippen LogP contribution in [0.4, 0.5) is 0 Å². The van der Waals surface area contributed by atoms with Crippen molar-refractivity contribution >= 4 is 9.05 Å². The third-order valence-corrected chi connectivity index (χ3v) is 8.65. The van der Waals surface area contributed by atoms with Crippen LogP contribution < -0.4 is 4.43 Å². The van der Waals surface area contributed by atoms with Crippen LogP contribution in [0.1, 0.15) is 0 Å². The van der Waals surface area contributed by atoms with Gasteiger partial charge in [-0.3, -0.25) is 4.90 Å². The minimum atomic E-state index is -3.69. The van der Waals surface area contributed by atoms with E-state index in [1.807, 2.05) is 42.5 Å². The van der Waals surface area contributed by atoms with E-state index in [0.717, 1.165) is 30.8 Å². The van der Waals surface area contributed by atoms with E-state index in [0.29, 0.717) is 85.0 Å². The van der Waals surface area contributed by atoms with Gasteiger partial charge in [-0.1, -0.05) is 42.5 Å². The van der Waals surface area contributed by atoms with Crippen molar-refractivity contribution in [3.8, 4) is 16.9 Å². The molecule has 11 nitrogen and oxygen atoms in total. The smallest absolute Gasteiger partial charge is 0.480 e. The van der Waals surface area contributed by atoms with Crippen LogP contribution >= 0.6 is 0 Å². The molecule has 0 aromatic heterocycles. The fraction of sp³-hybridized carbons (Fsp3) is 0.600. The number of nitrogens with zero attached hydrogens (tertiary/aromatic N) is 1. The number of hydrogen-bond donors (Lipinski definition) is 0. The van der Waals surface area contributed by atoms with Crippen LogP contribution in [0.5, 0.6) is 5.75 Å². The first-order valence-electron chi connectivity index (χ1n) is 14.8. The Morgan fingerprint density at radius 3 is 1.26 bits per heavy atom. The Kier molecular flexibility index (Phi) is 15.8. The van der Waals surface area contributed by atoms with E-state index in [-0.39, 0.29) is 19.8 Å². The van der Waals surface area contributed by atoms with Crippen molar-refractivity contribution in [3.05, 3.63) is 54.6 Å². The lowest BCUT2D eigenvalue weighted by Crippen LogP contribution is -2.53. The first-order chi connectivity index (χ1) is 20.8. The van der Waals surface area contributed by atoms with Gasteiger partial charge in [0.05, 0.1) is 99.1 Å². The van der Waals surface area contributed by atoms with Gasteiger partial charge in [0.25, 0.3) is 0 Å². The van der Waals surface area contributed by atoms with E-state index in [9.17, 15) is 0 Å². The number of rotatable bonds is 3. The molecule has 12 heteroatoms. The summed E-state index contributed by atoms with van der Waals surface area (Å²) in [4.78, 5) is 2.27. The molecular formula is C30H45NO10Si. The van der Waals surface area contributed by atoms with Gasteiger partial charge in [-0.25, -0.2) is 0 Å². The minimum Gasteiger partial charge on any atom is -0.480 e. The van der Waals surface area contributed by atoms with Crippen LogP contribution in [0.25, 0.3) is 11.1 Å². The number of ether oxygens (including phenoxy) is 6. The number of hydrogen-bond acceptors (Lipinski definition) is 11. The minimum absolute atomic E-state index is 0.228. The van der Waals surface area contributed by atoms with Gasteiger partial charge in [0, 0.05) is 19.6 Å². The summed E-state index contributed by atoms with van der Waals surface area (Å²) < 4.78 is 59.7. The molecule has 2 aromatic carbocycles. The summed E-state index contributed by atoms with van der Waals surface area (Å²) >= 11 is 0. The molecule has 42 heavy (non-hydrogen) atoms. The van der Waals surface area contributed by atoms with Crippen LogP contribution in [0.15, 0.2) is 54.6 Å². The zero-order valence-electron chi connectivity index (χ0n) is 24.5. The first kappa shape index (κ1) is 33.0. The summed E-state index contributed by atoms with van der Waals surface area (Å²) in [5.41, 5.74) is 2.20. The molecule has 0 aliphatic carbocycles. The lowest BCUT2D eigenvalue weighted by Gasteiger charge is -2.28. The van der Waals surface area contributed by atoms with Crippen LogP contribution in [0.3, 0.4) is 0 Å². The second-order valence-corrected chi connectivity index (χ2v) is 11.6. The fourth-order valence-electron chi connectivity index (χ4n) is 4.26. The van der Waals surface area contributed by atoms with Gasteiger partial charge in [-0.15, -0.1) is 0 Å². The summed E-state index contributed by atoms with van der Waals surface area (Å²) in [5, 5.41) is 0. The molecule has 0 amide bonds. The van der Waals surface area contributed by atoms with Crippen molar-refractivity contribution < 1.29 is 46.1 Å². The molecule has 3 fully saturated rings. The van der Waals surface area contributed by atoms with Crippen LogP contribution in [0, 0.1) is 0 Å². The molecule has 0 saturated carbocycles. The normalized spacial score (nSPS) is 25.8. The van der Waals surface area contributed by atoms with Gasteiger partial charge in [-0.05, 0) is 23.3 Å². The van der Waals surface area contributed by atoms with Crippen molar-refractivity contribution in [2.45, 2.75) is 0 Å². The van der Waals surface area contributed by atoms with Gasteiger partial charge >= 0.3 is 9.05 Å². The van der Waals surface area contributed by atoms with E-state index in [1.54, 1.807) is 0 Å². The molecule has 3 aliphatic heterocycles. The molecule has 3 saturated heterocycles. The van der Waals surface area contributed by atoms with Crippen LogP contribution in [-0.2, 0) is 41.7 Å². The molecule has 0 unspecified atom stereocenters. The third kappa shape index (κ3) is 12.7. The van der Waals surface area contributed by atoms with E-state index in [2.05, 4.69) is 17.0 Å². The zero-order valence-corrected chi connectivity index (χ0v) is 25.5. The first-order valence-corrected chi connectivity index (χ1v) is 16.4. The van der Waals surface area contributed by atoms with Crippen molar-refractivity contribution in [3.63, 3.8) is 0 Å². The van der Waals surface area contributed by atoms with Crippen molar-refractivity contribution in [1.29, 1.82) is 0 Å². The molecule has 3 aliphatic rings. The lowest BCUT2D eigenvalue weighted by molar-refractivity contribution is -0.0496. The van der Waals surface area contributed by atoms with Gasteiger partial charge in [0.2, 0.25) is 0 Å². The van der Waals surface area contributed by atoms with E-state index in [1.165, 1.54) is 0 Å². The molecule has 234 valence electrons. The van der Waals surface area contributed by atoms with E-state index >= 15 is 0 Å². The molecular weight excluding hydrogens is 562 g/mol. The molecule has 3 heterocycles. The highest BCUT2D eigenvalue weighted by molar-refractivity contribution is 6.54. The summed E-state index contributed by atoms with van der Waals surface area (Å²) in [6.07, 6.45) is 0. The lowest BCUT2D eigenvalue weighted by atomic mass is 10.1. The molecule has 5 rings (SSSR count). The Balaban J connectivity index is 1.46. The topological polar surface area (TPSA) is 95.5 Å². The molecule has 0 spiro atoms. The second-order valence-electron chi connectivity index (χ2n) is 9.55. The quantitative estimate of drug-likeness (QED) is 0.381. The van der Waals surface area contributed by atoms with Gasteiger partial charge < -0.3 is 46.1 Å². The molecule has 2 bridgehead atoms. The highest BCUT2D eigenvalue weighted by atomic mass is 28.4. The molecule has 2 aromatic rings. The highest BCUT2D eigenvalue weighted by Crippen LogP contribution is 2.25. The Hall–Kier alpha value is -1.94. The van der Waals surface area contributed by atoms with Crippen molar-refractivity contribution in [2.24, 2.45) is 0 Å². The second kappa shape index (κ2) is 20.1. The Bertz CT molecular complexity index is 900. The Labute approximate surface area is 250 Å². The van der Waals surface area contributed by atoms with Crippen molar-refractivity contribution in [1.82, 2.24) is 4.90 Å². The summed E-state index contributed by atoms with van der Waals surface area (Å²) in [7, 11) is -3.69. The van der Waals surface area contributed by atoms with Gasteiger partial charge in [0.1, 0.15) is 5.75 Å². The Morgan fingerprint density at radius 2 is 0.810 bits per heavy atom. The van der Waals surface area contributed by atoms with Crippen molar-refractivity contribution in [2.75, 3.05) is 119 Å².